The molecule has 0 unspecified atom stereocenters. The van der Waals surface area contributed by atoms with E-state index in [1.165, 1.54) is 18.3 Å². The molecule has 1 N–H and O–H groups in total. The zero-order chi connectivity index (χ0) is 8.48. The summed E-state index contributed by atoms with van der Waals surface area (Å²) in [5, 5.41) is -0.227. The van der Waals surface area contributed by atoms with Gasteiger partial charge in [0.15, 0.2) is 0 Å². The first-order chi connectivity index (χ1) is 5.02. The molecule has 0 aliphatic rings. The van der Waals surface area contributed by atoms with Crippen LogP contribution in [0.25, 0.3) is 0 Å². The Kier molecular flexibility index (Phi) is 4.24. The second-order valence-corrected chi connectivity index (χ2v) is 3.52. The van der Waals surface area contributed by atoms with Crippen molar-refractivity contribution in [2.75, 3.05) is 0 Å². The van der Waals surface area contributed by atoms with Gasteiger partial charge < -0.3 is 1.43 Å². The van der Waals surface area contributed by atoms with E-state index in [0.29, 0.717) is 0 Å². The van der Waals surface area contributed by atoms with Crippen LogP contribution in [0.1, 0.15) is 1.43 Å². The minimum absolute atomic E-state index is 0. The van der Waals surface area contributed by atoms with Gasteiger partial charge in [0.2, 0.25) is 0 Å². The molecule has 0 atom stereocenters. The van der Waals surface area contributed by atoms with Gasteiger partial charge in [0, 0.05) is 6.20 Å². The molecule has 12 heavy (non-hydrogen) atoms. The minimum atomic E-state index is -4.23. The molecule has 0 bridgehead atoms. The normalized spacial score (nSPS) is 10.5. The van der Waals surface area contributed by atoms with Crippen molar-refractivity contribution in [2.24, 2.45) is 0 Å². The molecule has 1 aromatic heterocycles. The summed E-state index contributed by atoms with van der Waals surface area (Å²) in [6.07, 6.45) is 1.33. The van der Waals surface area contributed by atoms with Crippen molar-refractivity contribution >= 4 is 21.7 Å². The zero-order valence-electron chi connectivity index (χ0n) is 7.23. The van der Waals surface area contributed by atoms with Gasteiger partial charge in [0.05, 0.1) is 0 Å². The molecule has 0 aromatic carbocycles. The predicted molar refractivity (Wildman–Crippen MR) is 40.2 cm³/mol. The number of nitrogens with zero attached hydrogens (tertiary/aromatic N) is 1. The van der Waals surface area contributed by atoms with E-state index in [2.05, 4.69) is 4.98 Å². The molecule has 7 heteroatoms. The Bertz CT molecular complexity index is 372. The summed E-state index contributed by atoms with van der Waals surface area (Å²) < 4.78 is 29.5. The van der Waals surface area contributed by atoms with Crippen LogP contribution in [0, 0.1) is 0 Å². The Balaban J connectivity index is 0. The van der Waals surface area contributed by atoms with E-state index < -0.39 is 10.1 Å². The largest absolute Gasteiger partial charge is 1.00 e. The van der Waals surface area contributed by atoms with Gasteiger partial charge in [-0.25, -0.2) is 4.98 Å². The monoisotopic (exact) mass is 201 g/mol. The Morgan fingerprint density at radius 2 is 2.17 bits per heavy atom. The standard InChI is InChI=1S/C5H4ClNO3S.Li.H/c6-5-4(11(8,9)10)2-1-3-7-5;;/h1-3H,(H,8,9,10);;/q;+1;-1. The zero-order valence-corrected chi connectivity index (χ0v) is 7.80. The summed E-state index contributed by atoms with van der Waals surface area (Å²) in [4.78, 5) is 3.10. The summed E-state index contributed by atoms with van der Waals surface area (Å²) in [5.41, 5.74) is 0. The van der Waals surface area contributed by atoms with Crippen molar-refractivity contribution in [1.29, 1.82) is 0 Å². The van der Waals surface area contributed by atoms with Crippen LogP contribution < -0.4 is 18.9 Å². The quantitative estimate of drug-likeness (QED) is 0.327. The van der Waals surface area contributed by atoms with E-state index in [1.807, 2.05) is 0 Å². The van der Waals surface area contributed by atoms with Gasteiger partial charge >= 0.3 is 18.9 Å². The van der Waals surface area contributed by atoms with Crippen molar-refractivity contribution in [3.05, 3.63) is 23.5 Å². The molecule has 4 nitrogen and oxygen atoms in total. The smallest absolute Gasteiger partial charge is 1.00 e. The summed E-state index contributed by atoms with van der Waals surface area (Å²) in [6, 6.07) is 2.54. The summed E-state index contributed by atoms with van der Waals surface area (Å²) >= 11 is 5.36. The molecule has 0 amide bonds. The molecule has 0 aliphatic carbocycles. The third-order valence-electron chi connectivity index (χ3n) is 1.00. The number of pyridine rings is 1. The molecule has 1 rings (SSSR count). The SMILES string of the molecule is O=S(=O)(O)c1cccnc1Cl.[H-].[Li+]. The van der Waals surface area contributed by atoms with Crippen molar-refractivity contribution in [2.45, 2.75) is 4.90 Å². The Hall–Kier alpha value is -0.0526. The third-order valence-corrected chi connectivity index (χ3v) is 2.30. The molecule has 0 fully saturated rings. The summed E-state index contributed by atoms with van der Waals surface area (Å²) in [6.45, 7) is 0. The Morgan fingerprint density at radius 1 is 1.58 bits per heavy atom. The van der Waals surface area contributed by atoms with E-state index in [1.54, 1.807) is 0 Å². The molecular weight excluding hydrogens is 197 g/mol. The van der Waals surface area contributed by atoms with Crippen LogP contribution in [-0.4, -0.2) is 18.0 Å². The van der Waals surface area contributed by atoms with Gasteiger partial charge in [0.1, 0.15) is 10.0 Å². The molecule has 1 heterocycles. The molecular formula is C5H5ClLiNO3S. The van der Waals surface area contributed by atoms with E-state index in [-0.39, 0.29) is 30.3 Å². The number of hydrogen-bond donors (Lipinski definition) is 1. The van der Waals surface area contributed by atoms with Crippen molar-refractivity contribution in [1.82, 2.24) is 4.98 Å². The van der Waals surface area contributed by atoms with Crippen LogP contribution in [0.15, 0.2) is 23.2 Å². The molecule has 1 aromatic rings. The van der Waals surface area contributed by atoms with Gasteiger partial charge in [-0.2, -0.15) is 8.42 Å². The van der Waals surface area contributed by atoms with E-state index in [0.717, 1.165) is 0 Å². The van der Waals surface area contributed by atoms with Crippen LogP contribution in [0.3, 0.4) is 0 Å². The van der Waals surface area contributed by atoms with Crippen LogP contribution in [0.5, 0.6) is 0 Å². The van der Waals surface area contributed by atoms with Crippen LogP contribution in [0.2, 0.25) is 5.15 Å². The van der Waals surface area contributed by atoms with E-state index in [4.69, 9.17) is 16.2 Å². The van der Waals surface area contributed by atoms with E-state index in [9.17, 15) is 8.42 Å². The average Bonchev–Trinajstić information content (AvgIpc) is 1.86. The summed E-state index contributed by atoms with van der Waals surface area (Å²) in [7, 11) is -4.23. The first-order valence-electron chi connectivity index (χ1n) is 2.60. The number of halogens is 1. The average molecular weight is 202 g/mol. The molecule has 0 saturated heterocycles. The third kappa shape index (κ3) is 2.77. The first kappa shape index (κ1) is 11.9. The summed E-state index contributed by atoms with van der Waals surface area (Å²) in [5.74, 6) is 0. The molecule has 0 aliphatic heterocycles. The maximum Gasteiger partial charge on any atom is 1.00 e. The number of rotatable bonds is 1. The van der Waals surface area contributed by atoms with Gasteiger partial charge in [-0.15, -0.1) is 0 Å². The van der Waals surface area contributed by atoms with E-state index >= 15 is 0 Å². The fourth-order valence-corrected chi connectivity index (χ4v) is 1.49. The maximum atomic E-state index is 10.5. The van der Waals surface area contributed by atoms with Gasteiger partial charge in [0.25, 0.3) is 10.1 Å². The fourth-order valence-electron chi connectivity index (χ4n) is 0.564. The van der Waals surface area contributed by atoms with Gasteiger partial charge in [-0.05, 0) is 12.1 Å². The van der Waals surface area contributed by atoms with Gasteiger partial charge in [-0.3, -0.25) is 4.55 Å². The van der Waals surface area contributed by atoms with Crippen LogP contribution in [-0.2, 0) is 10.1 Å². The minimum Gasteiger partial charge on any atom is -1.00 e. The van der Waals surface area contributed by atoms with Crippen LogP contribution in [0.4, 0.5) is 0 Å². The number of hydrogen-bond acceptors (Lipinski definition) is 3. The second-order valence-electron chi connectivity index (χ2n) is 1.77. The predicted octanol–water partition coefficient (Wildman–Crippen LogP) is -1.90. The van der Waals surface area contributed by atoms with Crippen LogP contribution >= 0.6 is 11.6 Å². The fraction of sp³-hybridized carbons (Fsp3) is 0. The molecule has 0 spiro atoms. The van der Waals surface area contributed by atoms with Crippen molar-refractivity contribution < 1.29 is 33.3 Å². The Labute approximate surface area is 88.4 Å². The van der Waals surface area contributed by atoms with Crippen molar-refractivity contribution in [3.63, 3.8) is 0 Å². The first-order valence-corrected chi connectivity index (χ1v) is 4.41. The maximum absolute atomic E-state index is 10.5. The van der Waals surface area contributed by atoms with Crippen molar-refractivity contribution in [3.8, 4) is 0 Å². The Morgan fingerprint density at radius 3 is 2.50 bits per heavy atom. The number of aromatic nitrogens is 1. The molecule has 62 valence electrons. The van der Waals surface area contributed by atoms with Gasteiger partial charge in [-0.1, -0.05) is 11.6 Å². The second kappa shape index (κ2) is 4.26. The molecule has 0 saturated carbocycles. The topological polar surface area (TPSA) is 67.3 Å². The molecule has 0 radical (unpaired) electrons.